The fraction of sp³-hybridized carbons (Fsp3) is 0.292. The van der Waals surface area contributed by atoms with Crippen molar-refractivity contribution in [2.24, 2.45) is 0 Å². The quantitative estimate of drug-likeness (QED) is 0.160. The van der Waals surface area contributed by atoms with Crippen LogP contribution in [-0.4, -0.2) is 37.8 Å². The van der Waals surface area contributed by atoms with Crippen molar-refractivity contribution in [3.63, 3.8) is 0 Å². The summed E-state index contributed by atoms with van der Waals surface area (Å²) in [6, 6.07) is 16.1. The van der Waals surface area contributed by atoms with Crippen LogP contribution in [0.25, 0.3) is 0 Å². The van der Waals surface area contributed by atoms with Crippen molar-refractivity contribution in [1.29, 1.82) is 0 Å². The van der Waals surface area contributed by atoms with Gasteiger partial charge in [0.2, 0.25) is 0 Å². The van der Waals surface area contributed by atoms with Crippen LogP contribution >= 0.6 is 22.6 Å². The third-order valence-corrected chi connectivity index (χ3v) is 5.47. The molecule has 33 heavy (non-hydrogen) atoms. The summed E-state index contributed by atoms with van der Waals surface area (Å²) in [5.74, 6) is -0.498. The number of alkyl carbamates (subject to hydrolysis) is 1. The molecule has 8 nitrogen and oxygen atoms in total. The fourth-order valence-electron chi connectivity index (χ4n) is 2.82. The summed E-state index contributed by atoms with van der Waals surface area (Å²) in [5, 5.41) is 8.37. The lowest BCUT2D eigenvalue weighted by Gasteiger charge is -2.16. The first-order chi connectivity index (χ1) is 16.0. The Morgan fingerprint density at radius 2 is 1.76 bits per heavy atom. The second-order valence-electron chi connectivity index (χ2n) is 7.05. The van der Waals surface area contributed by atoms with E-state index in [4.69, 9.17) is 4.74 Å². The zero-order chi connectivity index (χ0) is 23.9. The molecule has 176 valence electrons. The lowest BCUT2D eigenvalue weighted by molar-refractivity contribution is -0.134. The van der Waals surface area contributed by atoms with Gasteiger partial charge in [-0.1, -0.05) is 48.5 Å². The van der Waals surface area contributed by atoms with Crippen LogP contribution in [0.4, 0.5) is 15.3 Å². The van der Waals surface area contributed by atoms with Crippen LogP contribution in [0.5, 0.6) is 0 Å². The number of rotatable bonds is 11. The van der Waals surface area contributed by atoms with Crippen molar-refractivity contribution in [1.82, 2.24) is 10.6 Å². The maximum atomic E-state index is 12.4. The third kappa shape index (κ3) is 10.9. The number of methoxy groups -OCH3 is 1. The van der Waals surface area contributed by atoms with Crippen LogP contribution in [0.15, 0.2) is 66.7 Å². The lowest BCUT2D eigenvalue weighted by atomic mass is 10.1. The normalized spacial score (nSPS) is 11.5. The molecule has 0 unspecified atom stereocenters. The summed E-state index contributed by atoms with van der Waals surface area (Å²) in [5.41, 5.74) is 1.62. The molecule has 0 saturated carbocycles. The molecule has 0 saturated heterocycles. The third-order valence-electron chi connectivity index (χ3n) is 4.53. The van der Waals surface area contributed by atoms with E-state index in [2.05, 4.69) is 43.3 Å². The Kier molecular flexibility index (Phi) is 11.8. The predicted octanol–water partition coefficient (Wildman–Crippen LogP) is 4.61. The Labute approximate surface area is 207 Å². The van der Waals surface area contributed by atoms with Gasteiger partial charge in [0.05, 0.1) is 12.8 Å². The number of esters is 1. The maximum Gasteiger partial charge on any atom is 0.407 e. The van der Waals surface area contributed by atoms with Crippen molar-refractivity contribution in [3.8, 4) is 0 Å². The Bertz CT molecular complexity index is 937. The minimum Gasteiger partial charge on any atom is -0.466 e. The highest BCUT2D eigenvalue weighted by atomic mass is 127. The van der Waals surface area contributed by atoms with Crippen LogP contribution < -0.4 is 16.0 Å². The minimum absolute atomic E-state index is 0.215. The van der Waals surface area contributed by atoms with Gasteiger partial charge in [-0.2, -0.15) is 0 Å². The van der Waals surface area contributed by atoms with Gasteiger partial charge in [-0.15, -0.1) is 0 Å². The molecule has 0 fully saturated rings. The number of anilines is 1. The Morgan fingerprint density at radius 1 is 1.03 bits per heavy atom. The number of hydrogen-bond donors (Lipinski definition) is 3. The summed E-state index contributed by atoms with van der Waals surface area (Å²) < 4.78 is 10.7. The molecule has 3 N–H and O–H groups in total. The predicted molar refractivity (Wildman–Crippen MR) is 135 cm³/mol. The van der Waals surface area contributed by atoms with Crippen LogP contribution in [0.3, 0.4) is 0 Å². The number of hydrogen-bond acceptors (Lipinski definition) is 5. The number of nitrogens with one attached hydrogen (secondary N) is 3. The minimum atomic E-state index is -0.498. The number of para-hydroxylation sites is 1. The Morgan fingerprint density at radius 3 is 2.48 bits per heavy atom. The topological polar surface area (TPSA) is 106 Å². The molecule has 9 heteroatoms. The number of carbonyl (C=O) groups is 3. The van der Waals surface area contributed by atoms with Gasteiger partial charge < -0.3 is 25.4 Å². The molecule has 3 amide bonds. The monoisotopic (exact) mass is 565 g/mol. The molecule has 0 radical (unpaired) electrons. The van der Waals surface area contributed by atoms with Crippen molar-refractivity contribution in [2.45, 2.75) is 31.9 Å². The molecule has 0 aromatic heterocycles. The first-order valence-electron chi connectivity index (χ1n) is 10.5. The van der Waals surface area contributed by atoms with E-state index < -0.39 is 12.1 Å². The molecule has 0 aliphatic heterocycles. The molecule has 2 aromatic rings. The molecule has 0 aliphatic carbocycles. The molecule has 2 rings (SSSR count). The summed E-state index contributed by atoms with van der Waals surface area (Å²) >= 11 is 2.14. The number of amides is 3. The van der Waals surface area contributed by atoms with E-state index in [1.165, 1.54) is 13.2 Å². The van der Waals surface area contributed by atoms with Crippen molar-refractivity contribution >= 4 is 46.4 Å². The molecule has 1 atom stereocenters. The Balaban J connectivity index is 1.75. The van der Waals surface area contributed by atoms with E-state index in [-0.39, 0.29) is 18.7 Å². The van der Waals surface area contributed by atoms with Gasteiger partial charge in [-0.3, -0.25) is 0 Å². The van der Waals surface area contributed by atoms with Crippen LogP contribution in [-0.2, 0) is 20.9 Å². The highest BCUT2D eigenvalue weighted by Crippen LogP contribution is 2.16. The van der Waals surface area contributed by atoms with E-state index >= 15 is 0 Å². The maximum absolute atomic E-state index is 12.4. The lowest BCUT2D eigenvalue weighted by Crippen LogP contribution is -2.37. The molecule has 0 heterocycles. The number of unbranched alkanes of at least 4 members (excludes halogenated alkanes) is 1. The van der Waals surface area contributed by atoms with E-state index in [1.54, 1.807) is 6.08 Å². The Hall–Kier alpha value is -3.08. The summed E-state index contributed by atoms with van der Waals surface area (Å²) in [6.45, 7) is 0.655. The molecule has 2 aromatic carbocycles. The van der Waals surface area contributed by atoms with Gasteiger partial charge >= 0.3 is 18.1 Å². The van der Waals surface area contributed by atoms with Crippen LogP contribution in [0, 0.1) is 3.57 Å². The molecule has 0 aliphatic rings. The smallest absolute Gasteiger partial charge is 0.407 e. The number of benzene rings is 2. The molecule has 0 bridgehead atoms. The van der Waals surface area contributed by atoms with Crippen molar-refractivity contribution in [3.05, 3.63) is 75.9 Å². The van der Waals surface area contributed by atoms with E-state index in [0.717, 1.165) is 9.13 Å². The second kappa shape index (κ2) is 14.9. The van der Waals surface area contributed by atoms with E-state index in [1.807, 2.05) is 54.6 Å². The van der Waals surface area contributed by atoms with Gasteiger partial charge in [0, 0.05) is 22.2 Å². The van der Waals surface area contributed by atoms with Gasteiger partial charge in [0.25, 0.3) is 0 Å². The number of carbonyl (C=O) groups excluding carboxylic acids is 3. The van der Waals surface area contributed by atoms with Gasteiger partial charge in [0.15, 0.2) is 0 Å². The summed E-state index contributed by atoms with van der Waals surface area (Å²) in [6.07, 6.45) is 4.38. The summed E-state index contributed by atoms with van der Waals surface area (Å²) in [7, 11) is 1.29. The molecular formula is C24H28IN3O5. The molecular weight excluding hydrogens is 537 g/mol. The zero-order valence-electron chi connectivity index (χ0n) is 18.4. The number of ether oxygens (including phenoxy) is 2. The van der Waals surface area contributed by atoms with Gasteiger partial charge in [0.1, 0.15) is 6.61 Å². The first kappa shape index (κ1) is 26.2. The highest BCUT2D eigenvalue weighted by Gasteiger charge is 2.12. The molecule has 0 spiro atoms. The largest absolute Gasteiger partial charge is 0.466 e. The van der Waals surface area contributed by atoms with Gasteiger partial charge in [-0.05, 0) is 59.5 Å². The second-order valence-corrected chi connectivity index (χ2v) is 8.21. The average molecular weight is 565 g/mol. The SMILES string of the molecule is COC(=O)/C=C/[C@H](CCCCNC(=O)OCc1ccccc1)NC(=O)Nc1ccccc1I. The highest BCUT2D eigenvalue weighted by molar-refractivity contribution is 14.1. The fourth-order valence-corrected chi connectivity index (χ4v) is 3.34. The number of halogens is 1. The van der Waals surface area contributed by atoms with Crippen LogP contribution in [0.1, 0.15) is 24.8 Å². The van der Waals surface area contributed by atoms with Crippen LogP contribution in [0.2, 0.25) is 0 Å². The van der Waals surface area contributed by atoms with Crippen molar-refractivity contribution < 1.29 is 23.9 Å². The first-order valence-corrected chi connectivity index (χ1v) is 11.6. The standard InChI is InChI=1S/C24H28IN3O5/c1-32-22(29)15-14-19(27-23(30)28-21-13-6-5-12-20(21)25)11-7-8-16-26-24(31)33-17-18-9-3-2-4-10-18/h2-6,9-10,12-15,19H,7-8,11,16-17H2,1H3,(H,26,31)(H2,27,28,30)/b15-14+/t19-/m0/s1. The number of urea groups is 1. The van der Waals surface area contributed by atoms with E-state index in [0.29, 0.717) is 31.5 Å². The van der Waals surface area contributed by atoms with Crippen molar-refractivity contribution in [2.75, 3.05) is 19.0 Å². The van der Waals surface area contributed by atoms with Gasteiger partial charge in [-0.25, -0.2) is 14.4 Å². The zero-order valence-corrected chi connectivity index (χ0v) is 20.5. The summed E-state index contributed by atoms with van der Waals surface area (Å²) in [4.78, 5) is 35.7. The van der Waals surface area contributed by atoms with E-state index in [9.17, 15) is 14.4 Å². The average Bonchev–Trinajstić information content (AvgIpc) is 2.82.